The molecule has 2 aromatic heterocycles. The van der Waals surface area contributed by atoms with E-state index < -0.39 is 23.3 Å². The number of cyclic esters (lactones) is 1. The number of piperidine rings is 1. The van der Waals surface area contributed by atoms with Crippen LogP contribution in [0.2, 0.25) is 0 Å². The van der Waals surface area contributed by atoms with Crippen molar-refractivity contribution >= 4 is 17.6 Å². The topological polar surface area (TPSA) is 90.9 Å². The molecule has 3 aliphatic rings. The van der Waals surface area contributed by atoms with Crippen LogP contribution >= 0.6 is 0 Å². The van der Waals surface area contributed by atoms with E-state index in [9.17, 15) is 28.0 Å². The number of aromatic nitrogens is 2. The van der Waals surface area contributed by atoms with Gasteiger partial charge in [0.25, 0.3) is 5.91 Å². The van der Waals surface area contributed by atoms with Crippen LogP contribution in [0.4, 0.5) is 18.0 Å². The molecule has 0 spiro atoms. The first-order chi connectivity index (χ1) is 15.3. The fourth-order valence-electron chi connectivity index (χ4n) is 4.54. The van der Waals surface area contributed by atoms with Crippen molar-refractivity contribution in [3.63, 3.8) is 0 Å². The Bertz CT molecular complexity index is 1140. The van der Waals surface area contributed by atoms with Crippen molar-refractivity contribution in [3.8, 4) is 6.07 Å². The summed E-state index contributed by atoms with van der Waals surface area (Å²) in [6.07, 6.45) is -0.892. The van der Waals surface area contributed by atoms with E-state index in [0.717, 1.165) is 23.3 Å². The van der Waals surface area contributed by atoms with Gasteiger partial charge in [-0.1, -0.05) is 0 Å². The van der Waals surface area contributed by atoms with Gasteiger partial charge in [-0.3, -0.25) is 9.20 Å². The molecule has 32 heavy (non-hydrogen) atoms. The van der Waals surface area contributed by atoms with E-state index in [1.54, 1.807) is 4.90 Å². The summed E-state index contributed by atoms with van der Waals surface area (Å²) in [6.45, 7) is 1.47. The van der Waals surface area contributed by atoms with E-state index in [4.69, 9.17) is 4.74 Å². The molecule has 0 radical (unpaired) electrons. The highest BCUT2D eigenvalue weighted by Crippen LogP contribution is 2.43. The number of hydrogen-bond donors (Lipinski definition) is 0. The lowest BCUT2D eigenvalue weighted by Gasteiger charge is -2.35. The van der Waals surface area contributed by atoms with Gasteiger partial charge in [-0.05, 0) is 43.2 Å². The van der Waals surface area contributed by atoms with Crippen molar-refractivity contribution in [2.45, 2.75) is 43.8 Å². The van der Waals surface area contributed by atoms with Gasteiger partial charge in [-0.2, -0.15) is 18.4 Å². The van der Waals surface area contributed by atoms with Gasteiger partial charge in [0.15, 0.2) is 17.0 Å². The minimum absolute atomic E-state index is 0.0323. The third kappa shape index (κ3) is 3.43. The Kier molecular flexibility index (Phi) is 4.76. The zero-order chi connectivity index (χ0) is 22.6. The zero-order valence-corrected chi connectivity index (χ0v) is 17.1. The van der Waals surface area contributed by atoms with Crippen molar-refractivity contribution in [1.29, 1.82) is 5.26 Å². The number of alkyl halides is 3. The lowest BCUT2D eigenvalue weighted by molar-refractivity contribution is -0.136. The molecule has 0 unspecified atom stereocenters. The molecule has 0 atom stereocenters. The summed E-state index contributed by atoms with van der Waals surface area (Å²) in [7, 11) is 0. The molecule has 11 heteroatoms. The Balaban J connectivity index is 1.46. The van der Waals surface area contributed by atoms with Crippen LogP contribution in [-0.2, 0) is 10.9 Å². The Hall–Kier alpha value is -3.29. The molecule has 2 amide bonds. The quantitative estimate of drug-likeness (QED) is 0.721. The Morgan fingerprint density at radius 1 is 1.19 bits per heavy atom. The molecule has 3 fully saturated rings. The number of rotatable bonds is 3. The molecule has 2 saturated heterocycles. The third-order valence-electron chi connectivity index (χ3n) is 6.39. The van der Waals surface area contributed by atoms with Crippen molar-refractivity contribution in [1.82, 2.24) is 19.2 Å². The van der Waals surface area contributed by atoms with Crippen molar-refractivity contribution in [3.05, 3.63) is 34.8 Å². The van der Waals surface area contributed by atoms with Gasteiger partial charge < -0.3 is 14.5 Å². The molecule has 8 nitrogen and oxygen atoms in total. The van der Waals surface area contributed by atoms with E-state index in [-0.39, 0.29) is 29.4 Å². The number of likely N-dealkylation sites (tertiary alicyclic amines) is 1. The van der Waals surface area contributed by atoms with Crippen molar-refractivity contribution in [2.75, 3.05) is 26.2 Å². The number of ether oxygens (including phenoxy) is 1. The van der Waals surface area contributed by atoms with Gasteiger partial charge in [0.2, 0.25) is 0 Å². The first-order valence-corrected chi connectivity index (χ1v) is 10.5. The predicted molar refractivity (Wildman–Crippen MR) is 104 cm³/mol. The highest BCUT2D eigenvalue weighted by molar-refractivity contribution is 5.95. The van der Waals surface area contributed by atoms with Crippen LogP contribution in [0, 0.1) is 11.3 Å². The van der Waals surface area contributed by atoms with Crippen LogP contribution in [0.3, 0.4) is 0 Å². The molecular weight excluding hydrogens is 427 g/mol. The fourth-order valence-corrected chi connectivity index (χ4v) is 4.54. The number of amides is 2. The van der Waals surface area contributed by atoms with Crippen LogP contribution in [0.15, 0.2) is 12.3 Å². The van der Waals surface area contributed by atoms with Gasteiger partial charge >= 0.3 is 12.3 Å². The normalized spacial score (nSPS) is 20.0. The van der Waals surface area contributed by atoms with Gasteiger partial charge in [-0.15, -0.1) is 0 Å². The van der Waals surface area contributed by atoms with Gasteiger partial charge in [0, 0.05) is 25.3 Å². The third-order valence-corrected chi connectivity index (χ3v) is 6.39. The lowest BCUT2D eigenvalue weighted by Crippen LogP contribution is -2.47. The second-order valence-electron chi connectivity index (χ2n) is 8.40. The van der Waals surface area contributed by atoms with Gasteiger partial charge in [0.1, 0.15) is 12.7 Å². The molecule has 0 N–H and O–H groups in total. The SMILES string of the molecule is N#Cc1c(C(=O)N2CCC(N3CCOC3=O)CC2)nc2c(C(F)(F)F)cc(C3CC3)cn12. The molecule has 2 aliphatic heterocycles. The molecular formula is C21H20F3N5O3. The first-order valence-electron chi connectivity index (χ1n) is 10.5. The zero-order valence-electron chi connectivity index (χ0n) is 17.1. The largest absolute Gasteiger partial charge is 0.448 e. The summed E-state index contributed by atoms with van der Waals surface area (Å²) in [5.41, 5.74) is -1.34. The monoisotopic (exact) mass is 447 g/mol. The predicted octanol–water partition coefficient (Wildman–Crippen LogP) is 3.16. The van der Waals surface area contributed by atoms with Crippen LogP contribution in [0.25, 0.3) is 5.65 Å². The highest BCUT2D eigenvalue weighted by Gasteiger charge is 2.39. The van der Waals surface area contributed by atoms with E-state index in [2.05, 4.69) is 4.98 Å². The average molecular weight is 447 g/mol. The number of carbonyl (C=O) groups is 2. The minimum Gasteiger partial charge on any atom is -0.448 e. The number of pyridine rings is 1. The van der Waals surface area contributed by atoms with Gasteiger partial charge in [0.05, 0.1) is 12.1 Å². The number of halogens is 3. The number of carbonyl (C=O) groups excluding carboxylic acids is 2. The molecule has 168 valence electrons. The summed E-state index contributed by atoms with van der Waals surface area (Å²) in [5, 5.41) is 9.69. The summed E-state index contributed by atoms with van der Waals surface area (Å²) >= 11 is 0. The maximum absolute atomic E-state index is 13.7. The number of nitriles is 1. The summed E-state index contributed by atoms with van der Waals surface area (Å²) < 4.78 is 47.3. The molecule has 2 aromatic rings. The highest BCUT2D eigenvalue weighted by atomic mass is 19.4. The molecule has 5 rings (SSSR count). The molecule has 1 saturated carbocycles. The maximum Gasteiger partial charge on any atom is 0.419 e. The fraction of sp³-hybridized carbons (Fsp3) is 0.524. The molecule has 0 bridgehead atoms. The second kappa shape index (κ2) is 7.39. The summed E-state index contributed by atoms with van der Waals surface area (Å²) in [4.78, 5) is 32.0. The standard InChI is InChI=1S/C21H20F3N5O3/c22-21(23,24)15-9-13(12-1-2-12)11-29-16(10-25)17(26-18(15)29)19(30)27-5-3-14(4-6-27)28-7-8-32-20(28)31/h9,11-12,14H,1-8H2. The van der Waals surface area contributed by atoms with Gasteiger partial charge in [-0.25, -0.2) is 9.78 Å². The average Bonchev–Trinajstić information content (AvgIpc) is 3.43. The van der Waals surface area contributed by atoms with E-state index in [1.165, 1.54) is 11.1 Å². The molecule has 1 aliphatic carbocycles. The minimum atomic E-state index is -4.66. The number of nitrogens with zero attached hydrogens (tertiary/aromatic N) is 5. The van der Waals surface area contributed by atoms with Crippen LogP contribution in [0.5, 0.6) is 0 Å². The summed E-state index contributed by atoms with van der Waals surface area (Å²) in [5.74, 6) is -0.543. The van der Waals surface area contributed by atoms with Crippen LogP contribution in [0.1, 0.15) is 58.9 Å². The summed E-state index contributed by atoms with van der Waals surface area (Å²) in [6, 6.07) is 2.91. The van der Waals surface area contributed by atoms with Crippen LogP contribution < -0.4 is 0 Å². The maximum atomic E-state index is 13.7. The Morgan fingerprint density at radius 2 is 1.91 bits per heavy atom. The number of fused-ring (bicyclic) bond motifs is 1. The van der Waals surface area contributed by atoms with Crippen molar-refractivity contribution < 1.29 is 27.5 Å². The van der Waals surface area contributed by atoms with E-state index in [0.29, 0.717) is 44.6 Å². The Morgan fingerprint density at radius 3 is 2.47 bits per heavy atom. The Labute approximate surface area is 181 Å². The lowest BCUT2D eigenvalue weighted by atomic mass is 10.0. The molecule has 0 aromatic carbocycles. The van der Waals surface area contributed by atoms with Crippen molar-refractivity contribution in [2.24, 2.45) is 0 Å². The smallest absolute Gasteiger partial charge is 0.419 e. The van der Waals surface area contributed by atoms with Crippen LogP contribution in [-0.4, -0.2) is 63.5 Å². The van der Waals surface area contributed by atoms with E-state index >= 15 is 0 Å². The first kappa shape index (κ1) is 20.6. The second-order valence-corrected chi connectivity index (χ2v) is 8.40. The van der Waals surface area contributed by atoms with E-state index in [1.807, 2.05) is 6.07 Å². The number of hydrogen-bond acceptors (Lipinski definition) is 5. The number of imidazole rings is 1. The molecule has 4 heterocycles.